The molecule has 152 valence electrons. The predicted octanol–water partition coefficient (Wildman–Crippen LogP) is 3.73. The van der Waals surface area contributed by atoms with Crippen LogP contribution in [0.25, 0.3) is 11.0 Å². The van der Waals surface area contributed by atoms with Crippen molar-refractivity contribution in [3.8, 4) is 0 Å². The molecule has 5 nitrogen and oxygen atoms in total. The number of rotatable bonds is 7. The molecular formula is C23H25FN2O3. The lowest BCUT2D eigenvalue weighted by Crippen LogP contribution is -2.43. The number of morpholine rings is 1. The van der Waals surface area contributed by atoms with E-state index in [0.29, 0.717) is 28.8 Å². The maximum Gasteiger partial charge on any atom is 0.212 e. The van der Waals surface area contributed by atoms with Gasteiger partial charge in [0.15, 0.2) is 5.76 Å². The quantitative estimate of drug-likeness (QED) is 0.617. The van der Waals surface area contributed by atoms with E-state index in [1.165, 1.54) is 17.7 Å². The molecule has 0 aliphatic carbocycles. The number of ketones is 1. The molecule has 1 unspecified atom stereocenters. The van der Waals surface area contributed by atoms with Crippen molar-refractivity contribution >= 4 is 16.8 Å². The maximum atomic E-state index is 13.5. The van der Waals surface area contributed by atoms with Gasteiger partial charge in [-0.15, -0.1) is 0 Å². The number of hydrogen-bond acceptors (Lipinski definition) is 5. The first-order valence-corrected chi connectivity index (χ1v) is 9.93. The highest BCUT2D eigenvalue weighted by atomic mass is 19.1. The van der Waals surface area contributed by atoms with Crippen LogP contribution in [0.5, 0.6) is 0 Å². The number of Topliss-reactive ketones (excluding diaryl/α,β-unsaturated/α-hetero) is 1. The highest BCUT2D eigenvalue weighted by Gasteiger charge is 2.23. The number of hydrogen-bond donors (Lipinski definition) is 1. The minimum atomic E-state index is -0.338. The van der Waals surface area contributed by atoms with Gasteiger partial charge in [-0.2, -0.15) is 0 Å². The number of furan rings is 1. The molecule has 0 saturated carbocycles. The Kier molecular flexibility index (Phi) is 6.04. The van der Waals surface area contributed by atoms with E-state index >= 15 is 0 Å². The van der Waals surface area contributed by atoms with Gasteiger partial charge in [0, 0.05) is 36.6 Å². The first-order valence-electron chi connectivity index (χ1n) is 9.93. The highest BCUT2D eigenvalue weighted by molar-refractivity contribution is 6.01. The molecule has 2 aromatic carbocycles. The summed E-state index contributed by atoms with van der Waals surface area (Å²) in [5.74, 6) is -0.177. The Bertz CT molecular complexity index is 980. The number of halogens is 1. The molecule has 0 amide bonds. The maximum absolute atomic E-state index is 13.5. The highest BCUT2D eigenvalue weighted by Crippen LogP contribution is 2.26. The van der Waals surface area contributed by atoms with Gasteiger partial charge >= 0.3 is 0 Å². The standard InChI is InChI=1S/C23H25FN2O3/c1-16-19-13-18(24)7-8-22(19)29-23(16)21(27)15-25-14-20(17-5-3-2-4-6-17)26-9-11-28-12-10-26/h2-8,13,20,25H,9-12,14-15H2,1H3. The van der Waals surface area contributed by atoms with E-state index in [1.54, 1.807) is 13.0 Å². The Balaban J connectivity index is 1.44. The summed E-state index contributed by atoms with van der Waals surface area (Å²) in [6.07, 6.45) is 0. The fourth-order valence-corrected chi connectivity index (χ4v) is 3.88. The van der Waals surface area contributed by atoms with Gasteiger partial charge in [0.25, 0.3) is 0 Å². The summed E-state index contributed by atoms with van der Waals surface area (Å²) in [4.78, 5) is 15.1. The average molecular weight is 396 g/mol. The summed E-state index contributed by atoms with van der Waals surface area (Å²) >= 11 is 0. The Morgan fingerprint density at radius 3 is 2.69 bits per heavy atom. The molecule has 0 radical (unpaired) electrons. The van der Waals surface area contributed by atoms with Crippen molar-refractivity contribution in [1.82, 2.24) is 10.2 Å². The first kappa shape index (κ1) is 19.8. The van der Waals surface area contributed by atoms with Gasteiger partial charge in [-0.1, -0.05) is 30.3 Å². The number of carbonyl (C=O) groups excluding carboxylic acids is 1. The molecule has 1 aromatic heterocycles. The van der Waals surface area contributed by atoms with Gasteiger partial charge in [0.1, 0.15) is 11.4 Å². The van der Waals surface area contributed by atoms with Crippen LogP contribution in [-0.4, -0.2) is 50.1 Å². The molecule has 1 saturated heterocycles. The molecule has 1 atom stereocenters. The van der Waals surface area contributed by atoms with Crippen molar-refractivity contribution in [3.63, 3.8) is 0 Å². The summed E-state index contributed by atoms with van der Waals surface area (Å²) in [5.41, 5.74) is 2.42. The first-order chi connectivity index (χ1) is 14.1. The Hall–Kier alpha value is -2.54. The van der Waals surface area contributed by atoms with Crippen LogP contribution in [0.1, 0.15) is 27.7 Å². The normalized spacial score (nSPS) is 16.2. The average Bonchev–Trinajstić information content (AvgIpc) is 3.08. The van der Waals surface area contributed by atoms with Gasteiger partial charge in [-0.05, 0) is 30.7 Å². The van der Waals surface area contributed by atoms with Crippen molar-refractivity contribution in [2.24, 2.45) is 0 Å². The van der Waals surface area contributed by atoms with Gasteiger partial charge in [-0.25, -0.2) is 4.39 Å². The summed E-state index contributed by atoms with van der Waals surface area (Å²) in [5, 5.41) is 3.94. The third kappa shape index (κ3) is 4.40. The van der Waals surface area contributed by atoms with Gasteiger partial charge in [-0.3, -0.25) is 9.69 Å². The zero-order valence-corrected chi connectivity index (χ0v) is 16.5. The van der Waals surface area contributed by atoms with Crippen LogP contribution < -0.4 is 5.32 Å². The fourth-order valence-electron chi connectivity index (χ4n) is 3.88. The zero-order valence-electron chi connectivity index (χ0n) is 16.5. The molecule has 6 heteroatoms. The Labute approximate surface area is 169 Å². The Morgan fingerprint density at radius 1 is 1.17 bits per heavy atom. The lowest BCUT2D eigenvalue weighted by molar-refractivity contribution is 0.0162. The number of nitrogens with one attached hydrogen (secondary N) is 1. The van der Waals surface area contributed by atoms with Gasteiger partial charge in [0.2, 0.25) is 5.78 Å². The van der Waals surface area contributed by atoms with Crippen LogP contribution in [0.4, 0.5) is 4.39 Å². The third-order valence-corrected chi connectivity index (χ3v) is 5.45. The molecule has 1 fully saturated rings. The van der Waals surface area contributed by atoms with E-state index in [4.69, 9.17) is 9.15 Å². The Morgan fingerprint density at radius 2 is 1.93 bits per heavy atom. The van der Waals surface area contributed by atoms with E-state index in [-0.39, 0.29) is 24.2 Å². The monoisotopic (exact) mass is 396 g/mol. The molecule has 1 aliphatic heterocycles. The molecule has 1 N–H and O–H groups in total. The van der Waals surface area contributed by atoms with Crippen LogP contribution in [0.2, 0.25) is 0 Å². The van der Waals surface area contributed by atoms with E-state index in [2.05, 4.69) is 22.3 Å². The van der Waals surface area contributed by atoms with Crippen molar-refractivity contribution in [2.45, 2.75) is 13.0 Å². The van der Waals surface area contributed by atoms with Crippen molar-refractivity contribution < 1.29 is 18.3 Å². The summed E-state index contributed by atoms with van der Waals surface area (Å²) in [6, 6.07) is 14.8. The molecule has 2 heterocycles. The van der Waals surface area contributed by atoms with Gasteiger partial charge < -0.3 is 14.5 Å². The van der Waals surface area contributed by atoms with Gasteiger partial charge in [0.05, 0.1) is 19.8 Å². The summed E-state index contributed by atoms with van der Waals surface area (Å²) < 4.78 is 24.7. The molecule has 1 aliphatic rings. The topological polar surface area (TPSA) is 54.7 Å². The van der Waals surface area contributed by atoms with Crippen molar-refractivity contribution in [2.75, 3.05) is 39.4 Å². The molecule has 0 spiro atoms. The largest absolute Gasteiger partial charge is 0.453 e. The third-order valence-electron chi connectivity index (χ3n) is 5.45. The molecule has 29 heavy (non-hydrogen) atoms. The van der Waals surface area contributed by atoms with Crippen molar-refractivity contribution in [3.05, 3.63) is 71.2 Å². The van der Waals surface area contributed by atoms with E-state index in [1.807, 2.05) is 18.2 Å². The van der Waals surface area contributed by atoms with Crippen LogP contribution in [-0.2, 0) is 4.74 Å². The second-order valence-corrected chi connectivity index (χ2v) is 7.33. The fraction of sp³-hybridized carbons (Fsp3) is 0.348. The molecule has 4 rings (SSSR count). The zero-order chi connectivity index (χ0) is 20.2. The van der Waals surface area contributed by atoms with Crippen LogP contribution in [0.3, 0.4) is 0 Å². The second-order valence-electron chi connectivity index (χ2n) is 7.33. The summed E-state index contributed by atoms with van der Waals surface area (Å²) in [6.45, 7) is 5.76. The minimum Gasteiger partial charge on any atom is -0.453 e. The van der Waals surface area contributed by atoms with E-state index in [9.17, 15) is 9.18 Å². The van der Waals surface area contributed by atoms with E-state index in [0.717, 1.165) is 26.3 Å². The number of nitrogens with zero attached hydrogens (tertiary/aromatic N) is 1. The SMILES string of the molecule is Cc1c(C(=O)CNCC(c2ccccc2)N2CCOCC2)oc2ccc(F)cc12. The number of fused-ring (bicyclic) bond motifs is 1. The number of carbonyl (C=O) groups is 1. The summed E-state index contributed by atoms with van der Waals surface area (Å²) in [7, 11) is 0. The number of ether oxygens (including phenoxy) is 1. The lowest BCUT2D eigenvalue weighted by Gasteiger charge is -2.35. The van der Waals surface area contributed by atoms with Crippen LogP contribution in [0, 0.1) is 12.7 Å². The number of aryl methyl sites for hydroxylation is 1. The molecule has 3 aromatic rings. The smallest absolute Gasteiger partial charge is 0.212 e. The van der Waals surface area contributed by atoms with Crippen molar-refractivity contribution in [1.29, 1.82) is 0 Å². The molecular weight excluding hydrogens is 371 g/mol. The lowest BCUT2D eigenvalue weighted by atomic mass is 10.0. The minimum absolute atomic E-state index is 0.132. The predicted molar refractivity (Wildman–Crippen MR) is 110 cm³/mol. The second kappa shape index (κ2) is 8.86. The van der Waals surface area contributed by atoms with Crippen LogP contribution >= 0.6 is 0 Å². The van der Waals surface area contributed by atoms with E-state index < -0.39 is 0 Å². The number of benzene rings is 2. The van der Waals surface area contributed by atoms with Crippen LogP contribution in [0.15, 0.2) is 52.9 Å². The molecule has 0 bridgehead atoms.